The van der Waals surface area contributed by atoms with Gasteiger partial charge in [-0.1, -0.05) is 0 Å². The Hall–Kier alpha value is -2.59. The number of nitrogens with zero attached hydrogens (tertiary/aromatic N) is 2. The largest absolute Gasteiger partial charge is 0.492 e. The highest BCUT2D eigenvalue weighted by Gasteiger charge is 2.44. The van der Waals surface area contributed by atoms with E-state index in [1.54, 1.807) is 6.20 Å². The molecule has 0 spiro atoms. The molecule has 1 saturated carbocycles. The third-order valence-corrected chi connectivity index (χ3v) is 5.10. The van der Waals surface area contributed by atoms with Crippen LogP contribution < -0.4 is 10.1 Å². The number of carbonyl (C=O) groups is 1. The van der Waals surface area contributed by atoms with Gasteiger partial charge in [-0.3, -0.25) is 0 Å². The lowest BCUT2D eigenvalue weighted by Crippen LogP contribution is -2.40. The molecule has 0 atom stereocenters. The molecule has 0 saturated heterocycles. The minimum atomic E-state index is -0.440. The summed E-state index contributed by atoms with van der Waals surface area (Å²) in [5, 5.41) is 12.7. The van der Waals surface area contributed by atoms with Crippen LogP contribution in [0.1, 0.15) is 38.5 Å². The molecule has 2 aromatic rings. The third kappa shape index (κ3) is 5.44. The Balaban J connectivity index is 1.53. The number of benzene rings is 1. The highest BCUT2D eigenvalue weighted by atomic mass is 32.1. The number of rotatable bonds is 6. The van der Waals surface area contributed by atoms with Crippen LogP contribution in [0.25, 0.3) is 10.6 Å². The predicted octanol–water partition coefficient (Wildman–Crippen LogP) is 4.52. The van der Waals surface area contributed by atoms with Gasteiger partial charge in [-0.25, -0.2) is 9.78 Å². The van der Waals surface area contributed by atoms with Crippen LogP contribution in [0.5, 0.6) is 5.75 Å². The minimum Gasteiger partial charge on any atom is -0.492 e. The maximum atomic E-state index is 11.7. The molecule has 1 N–H and O–H groups in total. The highest BCUT2D eigenvalue weighted by molar-refractivity contribution is 7.15. The van der Waals surface area contributed by atoms with Crippen LogP contribution in [0.3, 0.4) is 0 Å². The fourth-order valence-corrected chi connectivity index (χ4v) is 3.17. The van der Waals surface area contributed by atoms with Crippen molar-refractivity contribution in [1.29, 1.82) is 5.26 Å². The van der Waals surface area contributed by atoms with Gasteiger partial charge in [0, 0.05) is 17.3 Å². The summed E-state index contributed by atoms with van der Waals surface area (Å²) in [7, 11) is 0. The molecule has 0 radical (unpaired) electrons. The van der Waals surface area contributed by atoms with Gasteiger partial charge in [0.2, 0.25) is 0 Å². The van der Waals surface area contributed by atoms with Crippen LogP contribution in [0, 0.1) is 16.7 Å². The summed E-state index contributed by atoms with van der Waals surface area (Å²) < 4.78 is 10.9. The smallest absolute Gasteiger partial charge is 0.407 e. The van der Waals surface area contributed by atoms with E-state index in [2.05, 4.69) is 16.4 Å². The molecule has 27 heavy (non-hydrogen) atoms. The maximum absolute atomic E-state index is 11.7. The van der Waals surface area contributed by atoms with Gasteiger partial charge in [-0.05, 0) is 57.9 Å². The second-order valence-electron chi connectivity index (χ2n) is 7.79. The van der Waals surface area contributed by atoms with E-state index in [1.807, 2.05) is 45.0 Å². The predicted molar refractivity (Wildman–Crippen MR) is 103 cm³/mol. The summed E-state index contributed by atoms with van der Waals surface area (Å²) in [4.78, 5) is 17.0. The number of hydrogen-bond donors (Lipinski definition) is 1. The molecule has 3 rings (SSSR count). The molecule has 0 aliphatic heterocycles. The topological polar surface area (TPSA) is 84.2 Å². The van der Waals surface area contributed by atoms with Crippen molar-refractivity contribution >= 4 is 17.4 Å². The maximum Gasteiger partial charge on any atom is 0.407 e. The fourth-order valence-electron chi connectivity index (χ4n) is 2.34. The van der Waals surface area contributed by atoms with Crippen LogP contribution in [0.2, 0.25) is 0 Å². The monoisotopic (exact) mass is 385 g/mol. The van der Waals surface area contributed by atoms with Crippen LogP contribution in [-0.2, 0) is 11.3 Å². The summed E-state index contributed by atoms with van der Waals surface area (Å²) in [6.07, 6.45) is 3.11. The number of thiazole rings is 1. The Morgan fingerprint density at radius 2 is 2.04 bits per heavy atom. The first-order valence-electron chi connectivity index (χ1n) is 8.83. The number of nitriles is 1. The zero-order valence-corrected chi connectivity index (χ0v) is 16.6. The van der Waals surface area contributed by atoms with Crippen LogP contribution >= 0.6 is 11.3 Å². The molecule has 7 heteroatoms. The van der Waals surface area contributed by atoms with E-state index in [0.717, 1.165) is 34.0 Å². The number of ether oxygens (including phenoxy) is 2. The van der Waals surface area contributed by atoms with Crippen molar-refractivity contribution < 1.29 is 14.3 Å². The molecule has 1 heterocycles. The third-order valence-electron chi connectivity index (χ3n) is 4.08. The van der Waals surface area contributed by atoms with E-state index >= 15 is 0 Å². The van der Waals surface area contributed by atoms with E-state index < -0.39 is 6.09 Å². The van der Waals surface area contributed by atoms with E-state index in [0.29, 0.717) is 6.61 Å². The first kappa shape index (κ1) is 19.2. The van der Waals surface area contributed by atoms with Crippen LogP contribution in [-0.4, -0.2) is 23.2 Å². The van der Waals surface area contributed by atoms with Crippen molar-refractivity contribution in [2.75, 3.05) is 6.61 Å². The number of alkyl carbamates (subject to hydrolysis) is 1. The van der Waals surface area contributed by atoms with E-state index in [9.17, 15) is 4.79 Å². The minimum absolute atomic E-state index is 0.191. The molecule has 0 bridgehead atoms. The second kappa shape index (κ2) is 7.57. The molecule has 0 unspecified atom stereocenters. The lowest BCUT2D eigenvalue weighted by molar-refractivity contribution is 0.132. The van der Waals surface area contributed by atoms with Crippen molar-refractivity contribution in [1.82, 2.24) is 10.3 Å². The van der Waals surface area contributed by atoms with Gasteiger partial charge in [0.05, 0.1) is 16.4 Å². The first-order valence-corrected chi connectivity index (χ1v) is 9.64. The van der Waals surface area contributed by atoms with Gasteiger partial charge in [0.1, 0.15) is 24.0 Å². The summed E-state index contributed by atoms with van der Waals surface area (Å²) in [6.45, 7) is 6.33. The van der Waals surface area contributed by atoms with Crippen molar-refractivity contribution in [3.05, 3.63) is 35.3 Å². The lowest BCUT2D eigenvalue weighted by atomic mass is 10.1. The number of nitrogens with one attached hydrogen (secondary N) is 1. The fraction of sp³-hybridized carbons (Fsp3) is 0.450. The Bertz CT molecular complexity index is 843. The molecule has 142 valence electrons. The summed E-state index contributed by atoms with van der Waals surface area (Å²) in [5.41, 5.74) is 0.369. The van der Waals surface area contributed by atoms with E-state index in [-0.39, 0.29) is 17.6 Å². The standard InChI is InChI=1S/C20H23N3O3S/c1-19(2,3)23-18(24)25-11-16-10-22-17(27-16)14-4-6-15(7-5-14)26-13-20(12-21)8-9-20/h4-7,10H,8-9,11,13H2,1-3H3,(H,23,24). The quantitative estimate of drug-likeness (QED) is 0.790. The van der Waals surface area contributed by atoms with Gasteiger partial charge in [-0.15, -0.1) is 11.3 Å². The van der Waals surface area contributed by atoms with Gasteiger partial charge < -0.3 is 14.8 Å². The summed E-state index contributed by atoms with van der Waals surface area (Å²) in [5.74, 6) is 0.749. The zero-order chi connectivity index (χ0) is 19.5. The molecule has 1 aliphatic rings. The average Bonchev–Trinajstić information content (AvgIpc) is 3.25. The number of carbonyl (C=O) groups excluding carboxylic acids is 1. The van der Waals surface area contributed by atoms with Crippen molar-refractivity contribution in [3.8, 4) is 22.4 Å². The van der Waals surface area contributed by atoms with Crippen molar-refractivity contribution in [3.63, 3.8) is 0 Å². The molecular weight excluding hydrogens is 362 g/mol. The molecule has 1 aromatic heterocycles. The summed E-state index contributed by atoms with van der Waals surface area (Å²) in [6, 6.07) is 9.98. The summed E-state index contributed by atoms with van der Waals surface area (Å²) >= 11 is 1.48. The average molecular weight is 385 g/mol. The van der Waals surface area contributed by atoms with E-state index in [1.165, 1.54) is 11.3 Å². The lowest BCUT2D eigenvalue weighted by Gasteiger charge is -2.19. The van der Waals surface area contributed by atoms with Crippen LogP contribution in [0.4, 0.5) is 4.79 Å². The molecule has 1 amide bonds. The molecule has 6 nitrogen and oxygen atoms in total. The zero-order valence-electron chi connectivity index (χ0n) is 15.7. The van der Waals surface area contributed by atoms with Gasteiger partial charge >= 0.3 is 6.09 Å². The van der Waals surface area contributed by atoms with Gasteiger partial charge in [0.15, 0.2) is 0 Å². The Kier molecular flexibility index (Phi) is 5.38. The Morgan fingerprint density at radius 3 is 2.63 bits per heavy atom. The Morgan fingerprint density at radius 1 is 1.33 bits per heavy atom. The number of hydrogen-bond acceptors (Lipinski definition) is 6. The SMILES string of the molecule is CC(C)(C)NC(=O)OCc1cnc(-c2ccc(OCC3(C#N)CC3)cc2)s1. The van der Waals surface area contributed by atoms with Gasteiger partial charge in [-0.2, -0.15) is 5.26 Å². The molecule has 1 aliphatic carbocycles. The van der Waals surface area contributed by atoms with Crippen molar-refractivity contribution in [2.45, 2.75) is 45.8 Å². The van der Waals surface area contributed by atoms with E-state index in [4.69, 9.17) is 14.7 Å². The first-order chi connectivity index (χ1) is 12.8. The Labute approximate surface area is 163 Å². The number of amides is 1. The molecular formula is C20H23N3O3S. The van der Waals surface area contributed by atoms with Gasteiger partial charge in [0.25, 0.3) is 0 Å². The molecule has 1 fully saturated rings. The van der Waals surface area contributed by atoms with Crippen LogP contribution in [0.15, 0.2) is 30.5 Å². The normalized spacial score (nSPS) is 14.9. The van der Waals surface area contributed by atoms with Crippen molar-refractivity contribution in [2.24, 2.45) is 5.41 Å². The number of aromatic nitrogens is 1. The highest BCUT2D eigenvalue weighted by Crippen LogP contribution is 2.45. The second-order valence-corrected chi connectivity index (χ2v) is 8.90. The molecule has 1 aromatic carbocycles.